The van der Waals surface area contributed by atoms with Crippen molar-refractivity contribution in [1.82, 2.24) is 4.98 Å². The lowest BCUT2D eigenvalue weighted by Gasteiger charge is -2.02. The molecule has 1 amide bonds. The minimum Gasteiger partial charge on any atom is -0.457 e. The number of aromatic nitrogens is 1. The molecule has 0 saturated heterocycles. The Morgan fingerprint density at radius 3 is 2.81 bits per heavy atom. The predicted octanol–water partition coefficient (Wildman–Crippen LogP) is 3.29. The third kappa shape index (κ3) is 2.62. The van der Waals surface area contributed by atoms with E-state index in [0.717, 1.165) is 3.57 Å². The van der Waals surface area contributed by atoms with Gasteiger partial charge in [-0.15, -0.1) is 0 Å². The van der Waals surface area contributed by atoms with E-state index in [0.29, 0.717) is 16.1 Å². The Morgan fingerprint density at radius 2 is 2.25 bits per heavy atom. The summed E-state index contributed by atoms with van der Waals surface area (Å²) in [6, 6.07) is 5.20. The van der Waals surface area contributed by atoms with Crippen molar-refractivity contribution in [1.29, 1.82) is 0 Å². The largest absolute Gasteiger partial charge is 0.457 e. The van der Waals surface area contributed by atoms with E-state index in [1.165, 1.54) is 6.26 Å². The second-order valence-electron chi connectivity index (χ2n) is 2.92. The molecular weight excluding hydrogens is 387 g/mol. The molecule has 0 bridgehead atoms. The fraction of sp³-hybridized carbons (Fsp3) is 0. The summed E-state index contributed by atoms with van der Waals surface area (Å²) in [6.45, 7) is 0. The Hall–Kier alpha value is -0.890. The average molecular weight is 393 g/mol. The smallest absolute Gasteiger partial charge is 0.261 e. The van der Waals surface area contributed by atoms with Crippen molar-refractivity contribution in [3.8, 4) is 0 Å². The molecular formula is C10H6BrIN2O2. The lowest BCUT2D eigenvalue weighted by atomic mass is 10.3. The van der Waals surface area contributed by atoms with Crippen LogP contribution in [0.25, 0.3) is 0 Å². The van der Waals surface area contributed by atoms with Crippen molar-refractivity contribution in [3.05, 3.63) is 44.5 Å². The standard InChI is InChI=1S/C10H6BrIN2O2/c11-9-7(3-4-16-9)10(15)14-8-2-1-6(12)5-13-8/h1-5H,(H,13,14,15). The maximum Gasteiger partial charge on any atom is 0.261 e. The van der Waals surface area contributed by atoms with E-state index < -0.39 is 0 Å². The number of carbonyl (C=O) groups is 1. The van der Waals surface area contributed by atoms with Gasteiger partial charge in [-0.2, -0.15) is 0 Å². The monoisotopic (exact) mass is 392 g/mol. The molecule has 0 aromatic carbocycles. The average Bonchev–Trinajstić information content (AvgIpc) is 2.68. The van der Waals surface area contributed by atoms with E-state index in [9.17, 15) is 4.79 Å². The number of rotatable bonds is 2. The zero-order valence-corrected chi connectivity index (χ0v) is 11.6. The van der Waals surface area contributed by atoms with Crippen LogP contribution in [0.4, 0.5) is 5.82 Å². The van der Waals surface area contributed by atoms with Gasteiger partial charge in [-0.1, -0.05) is 0 Å². The van der Waals surface area contributed by atoms with Gasteiger partial charge in [0.05, 0.1) is 11.8 Å². The first-order valence-corrected chi connectivity index (χ1v) is 6.20. The van der Waals surface area contributed by atoms with Gasteiger partial charge < -0.3 is 9.73 Å². The number of anilines is 1. The molecule has 2 aromatic heterocycles. The number of hydrogen-bond donors (Lipinski definition) is 1. The molecule has 82 valence electrons. The van der Waals surface area contributed by atoms with Gasteiger partial charge >= 0.3 is 0 Å². The van der Waals surface area contributed by atoms with E-state index in [2.05, 4.69) is 48.8 Å². The van der Waals surface area contributed by atoms with Crippen LogP contribution in [-0.4, -0.2) is 10.9 Å². The van der Waals surface area contributed by atoms with Gasteiger partial charge in [0.15, 0.2) is 4.67 Å². The van der Waals surface area contributed by atoms with Gasteiger partial charge in [-0.3, -0.25) is 4.79 Å². The molecule has 0 aliphatic carbocycles. The SMILES string of the molecule is O=C(Nc1ccc(I)cn1)c1ccoc1Br. The minimum atomic E-state index is -0.255. The molecule has 1 N–H and O–H groups in total. The molecule has 0 aliphatic rings. The van der Waals surface area contributed by atoms with Crippen molar-refractivity contribution < 1.29 is 9.21 Å². The first-order chi connectivity index (χ1) is 7.66. The van der Waals surface area contributed by atoms with E-state index in [1.54, 1.807) is 18.3 Å². The van der Waals surface area contributed by atoms with Crippen molar-refractivity contribution >= 4 is 50.2 Å². The third-order valence-electron chi connectivity index (χ3n) is 1.83. The number of furan rings is 1. The van der Waals surface area contributed by atoms with Crippen LogP contribution in [0, 0.1) is 3.57 Å². The zero-order valence-electron chi connectivity index (χ0n) is 7.91. The number of amides is 1. The van der Waals surface area contributed by atoms with Crippen molar-refractivity contribution in [2.45, 2.75) is 0 Å². The molecule has 2 aromatic rings. The minimum absolute atomic E-state index is 0.255. The van der Waals surface area contributed by atoms with Gasteiger partial charge in [0.1, 0.15) is 5.82 Å². The molecule has 0 saturated carbocycles. The van der Waals surface area contributed by atoms with Crippen LogP contribution >= 0.6 is 38.5 Å². The van der Waals surface area contributed by atoms with Crippen molar-refractivity contribution in [2.24, 2.45) is 0 Å². The van der Waals surface area contributed by atoms with Crippen molar-refractivity contribution in [2.75, 3.05) is 5.32 Å². The van der Waals surface area contributed by atoms with Crippen molar-refractivity contribution in [3.63, 3.8) is 0 Å². The summed E-state index contributed by atoms with van der Waals surface area (Å²) in [5.74, 6) is 0.257. The van der Waals surface area contributed by atoms with Crippen LogP contribution < -0.4 is 5.32 Å². The summed E-state index contributed by atoms with van der Waals surface area (Å²) in [4.78, 5) is 15.8. The molecule has 0 radical (unpaired) electrons. The number of nitrogens with zero attached hydrogens (tertiary/aromatic N) is 1. The highest BCUT2D eigenvalue weighted by molar-refractivity contribution is 14.1. The summed E-state index contributed by atoms with van der Waals surface area (Å²) < 4.78 is 6.40. The maximum atomic E-state index is 11.7. The number of nitrogens with one attached hydrogen (secondary N) is 1. The van der Waals surface area contributed by atoms with Gasteiger partial charge in [0.2, 0.25) is 0 Å². The van der Waals surface area contributed by atoms with Crippen LogP contribution in [0.2, 0.25) is 0 Å². The summed E-state index contributed by atoms with van der Waals surface area (Å²) in [5.41, 5.74) is 0.445. The highest BCUT2D eigenvalue weighted by Gasteiger charge is 2.12. The van der Waals surface area contributed by atoms with E-state index in [1.807, 2.05) is 6.07 Å². The number of pyridine rings is 1. The van der Waals surface area contributed by atoms with E-state index in [-0.39, 0.29) is 5.91 Å². The molecule has 0 unspecified atom stereocenters. The molecule has 0 fully saturated rings. The summed E-state index contributed by atoms with van der Waals surface area (Å²) in [7, 11) is 0. The van der Waals surface area contributed by atoms with Gasteiger partial charge in [-0.25, -0.2) is 4.98 Å². The van der Waals surface area contributed by atoms with Gasteiger partial charge in [0.25, 0.3) is 5.91 Å². The molecule has 4 nitrogen and oxygen atoms in total. The Kier molecular flexibility index (Phi) is 3.59. The first kappa shape index (κ1) is 11.6. The van der Waals surface area contributed by atoms with E-state index in [4.69, 9.17) is 4.42 Å². The normalized spacial score (nSPS) is 10.1. The van der Waals surface area contributed by atoms with Crippen LogP contribution in [0.15, 0.2) is 39.7 Å². The Morgan fingerprint density at radius 1 is 1.44 bits per heavy atom. The molecule has 0 spiro atoms. The second-order valence-corrected chi connectivity index (χ2v) is 4.89. The number of halogens is 2. The molecule has 2 rings (SSSR count). The summed E-state index contributed by atoms with van der Waals surface area (Å²) >= 11 is 5.29. The maximum absolute atomic E-state index is 11.7. The Balaban J connectivity index is 2.14. The second kappa shape index (κ2) is 4.96. The molecule has 0 aliphatic heterocycles. The summed E-state index contributed by atoms with van der Waals surface area (Å²) in [5, 5.41) is 2.67. The number of carbonyl (C=O) groups excluding carboxylic acids is 1. The first-order valence-electron chi connectivity index (χ1n) is 4.33. The Bertz CT molecular complexity index is 510. The lowest BCUT2D eigenvalue weighted by Crippen LogP contribution is -2.12. The fourth-order valence-electron chi connectivity index (χ4n) is 1.09. The van der Waals surface area contributed by atoms with Crippen LogP contribution in [0.1, 0.15) is 10.4 Å². The summed E-state index contributed by atoms with van der Waals surface area (Å²) in [6.07, 6.45) is 3.13. The van der Waals surface area contributed by atoms with E-state index >= 15 is 0 Å². The molecule has 0 atom stereocenters. The topological polar surface area (TPSA) is 55.1 Å². The highest BCUT2D eigenvalue weighted by Crippen LogP contribution is 2.18. The zero-order chi connectivity index (χ0) is 11.5. The highest BCUT2D eigenvalue weighted by atomic mass is 127. The fourth-order valence-corrected chi connectivity index (χ4v) is 1.83. The van der Waals surface area contributed by atoms with Gasteiger partial charge in [-0.05, 0) is 56.7 Å². The lowest BCUT2D eigenvalue weighted by molar-refractivity contribution is 0.102. The quantitative estimate of drug-likeness (QED) is 0.798. The van der Waals surface area contributed by atoms with Crippen LogP contribution in [-0.2, 0) is 0 Å². The third-order valence-corrected chi connectivity index (χ3v) is 3.08. The Labute approximate surface area is 114 Å². The molecule has 16 heavy (non-hydrogen) atoms. The van der Waals surface area contributed by atoms with Gasteiger partial charge in [0, 0.05) is 9.77 Å². The molecule has 2 heterocycles. The molecule has 6 heteroatoms. The van der Waals surface area contributed by atoms with Crippen LogP contribution in [0.5, 0.6) is 0 Å². The van der Waals surface area contributed by atoms with Crippen LogP contribution in [0.3, 0.4) is 0 Å². The number of hydrogen-bond acceptors (Lipinski definition) is 3. The predicted molar refractivity (Wildman–Crippen MR) is 71.3 cm³/mol.